The Morgan fingerprint density at radius 1 is 0.895 bits per heavy atom. The van der Waals surface area contributed by atoms with Crippen LogP contribution in [-0.4, -0.2) is 82.2 Å². The number of hydrogen-bond donors (Lipinski definition) is 10. The van der Waals surface area contributed by atoms with Crippen molar-refractivity contribution in [3.63, 3.8) is 0 Å². The van der Waals surface area contributed by atoms with Crippen LogP contribution >= 0.6 is 12.6 Å². The first-order chi connectivity index (χ1) is 17.8. The predicted octanol–water partition coefficient (Wildman–Crippen LogP) is -3.34. The Kier molecular flexibility index (Phi) is 13.4. The summed E-state index contributed by atoms with van der Waals surface area (Å²) in [6.07, 6.45) is -0.142. The fourth-order valence-corrected chi connectivity index (χ4v) is 3.40. The summed E-state index contributed by atoms with van der Waals surface area (Å²) in [6, 6.07) is 0.568. The standard InChI is InChI=1S/C22H34N8O7S/c23-13(2-1-7-27-22(25)26)18(33)28-14(9-17(24)32)19(34)30-16(10-38)20(35)29-15(21(36)37)8-11-3-5-12(31)6-4-11/h3-6,13-16,31,38H,1-2,7-10,23H2,(H2,24,32)(H,28,33)(H,29,35)(H,30,34)(H,36,37)(H4,25,26,27). The SMILES string of the molecule is NC(=O)CC(NC(=O)C(N)CCCN=C(N)N)C(=O)NC(CS)C(=O)NC(Cc1ccc(O)cc1)C(=O)O. The van der Waals surface area contributed by atoms with E-state index in [-0.39, 0.29) is 36.8 Å². The summed E-state index contributed by atoms with van der Waals surface area (Å²) in [5.41, 5.74) is 22.0. The molecule has 15 nitrogen and oxygen atoms in total. The van der Waals surface area contributed by atoms with Crippen LogP contribution in [0.3, 0.4) is 0 Å². The molecule has 0 aliphatic heterocycles. The minimum absolute atomic E-state index is 0.00739. The van der Waals surface area contributed by atoms with Gasteiger partial charge in [0.15, 0.2) is 5.96 Å². The Morgan fingerprint density at radius 3 is 1.97 bits per heavy atom. The second-order valence-corrected chi connectivity index (χ2v) is 8.67. The minimum Gasteiger partial charge on any atom is -0.508 e. The zero-order valence-electron chi connectivity index (χ0n) is 20.5. The number of guanidine groups is 1. The van der Waals surface area contributed by atoms with E-state index in [1.807, 2.05) is 0 Å². The van der Waals surface area contributed by atoms with Crippen LogP contribution in [0.25, 0.3) is 0 Å². The lowest BCUT2D eigenvalue weighted by molar-refractivity contribution is -0.142. The molecule has 1 aromatic carbocycles. The van der Waals surface area contributed by atoms with Crippen LogP contribution in [-0.2, 0) is 30.4 Å². The molecule has 0 aliphatic rings. The van der Waals surface area contributed by atoms with Crippen molar-refractivity contribution >= 4 is 48.2 Å². The number of nitrogens with one attached hydrogen (secondary N) is 3. The van der Waals surface area contributed by atoms with E-state index in [4.69, 9.17) is 22.9 Å². The summed E-state index contributed by atoms with van der Waals surface area (Å²) in [7, 11) is 0. The smallest absolute Gasteiger partial charge is 0.326 e. The molecule has 210 valence electrons. The van der Waals surface area contributed by atoms with Gasteiger partial charge in [0.05, 0.1) is 12.5 Å². The van der Waals surface area contributed by atoms with Crippen molar-refractivity contribution in [3.8, 4) is 5.75 Å². The zero-order chi connectivity index (χ0) is 28.8. The summed E-state index contributed by atoms with van der Waals surface area (Å²) in [5, 5.41) is 25.9. The number of aliphatic carboxylic acids is 1. The van der Waals surface area contributed by atoms with E-state index in [0.29, 0.717) is 12.0 Å². The summed E-state index contributed by atoms with van der Waals surface area (Å²) in [4.78, 5) is 64.9. The van der Waals surface area contributed by atoms with Gasteiger partial charge in [-0.25, -0.2) is 4.79 Å². The first kappa shape index (κ1) is 32.0. The van der Waals surface area contributed by atoms with Gasteiger partial charge < -0.3 is 49.1 Å². The minimum atomic E-state index is -1.45. The molecule has 0 spiro atoms. The number of thiol groups is 1. The summed E-state index contributed by atoms with van der Waals surface area (Å²) < 4.78 is 0. The number of aliphatic imine (C=N–C) groups is 1. The molecule has 0 heterocycles. The quantitative estimate of drug-likeness (QED) is 0.0419. The van der Waals surface area contributed by atoms with Crippen molar-refractivity contribution in [3.05, 3.63) is 29.8 Å². The molecule has 0 saturated carbocycles. The lowest BCUT2D eigenvalue weighted by Crippen LogP contribution is -2.58. The van der Waals surface area contributed by atoms with Gasteiger partial charge >= 0.3 is 5.97 Å². The van der Waals surface area contributed by atoms with Gasteiger partial charge in [0.2, 0.25) is 23.6 Å². The highest BCUT2D eigenvalue weighted by atomic mass is 32.1. The topological polar surface area (TPSA) is 278 Å². The molecule has 4 amide bonds. The van der Waals surface area contributed by atoms with E-state index in [1.165, 1.54) is 24.3 Å². The van der Waals surface area contributed by atoms with Crippen LogP contribution in [0.5, 0.6) is 5.75 Å². The normalized spacial score (nSPS) is 13.7. The Balaban J connectivity index is 2.83. The molecule has 1 aromatic rings. The molecular weight excluding hydrogens is 520 g/mol. The molecule has 0 saturated heterocycles. The number of phenolic OH excluding ortho intramolecular Hbond substituents is 1. The van der Waals surface area contributed by atoms with Gasteiger partial charge in [0, 0.05) is 18.7 Å². The number of amides is 4. The molecular formula is C22H34N8O7S. The largest absolute Gasteiger partial charge is 0.508 e. The number of carboxylic acid groups (broad SMARTS) is 1. The second-order valence-electron chi connectivity index (χ2n) is 8.30. The van der Waals surface area contributed by atoms with Gasteiger partial charge in [-0.15, -0.1) is 0 Å². The van der Waals surface area contributed by atoms with Gasteiger partial charge in [0.25, 0.3) is 0 Å². The molecule has 0 aromatic heterocycles. The van der Waals surface area contributed by atoms with Crippen molar-refractivity contribution in [2.45, 2.75) is 49.9 Å². The third kappa shape index (κ3) is 11.8. The number of hydrogen-bond acceptors (Lipinski definition) is 9. The van der Waals surface area contributed by atoms with Gasteiger partial charge in [0.1, 0.15) is 23.9 Å². The number of nitrogens with two attached hydrogens (primary N) is 4. The van der Waals surface area contributed by atoms with Crippen molar-refractivity contribution in [1.29, 1.82) is 0 Å². The highest BCUT2D eigenvalue weighted by molar-refractivity contribution is 7.80. The number of carboxylic acids is 1. The zero-order valence-corrected chi connectivity index (χ0v) is 21.4. The van der Waals surface area contributed by atoms with E-state index >= 15 is 0 Å². The van der Waals surface area contributed by atoms with Crippen molar-refractivity contribution in [1.82, 2.24) is 16.0 Å². The van der Waals surface area contributed by atoms with Crippen LogP contribution < -0.4 is 38.9 Å². The number of nitrogens with zero attached hydrogens (tertiary/aromatic N) is 1. The molecule has 0 aliphatic carbocycles. The van der Waals surface area contributed by atoms with E-state index in [9.17, 15) is 34.2 Å². The second kappa shape index (κ2) is 15.9. The van der Waals surface area contributed by atoms with E-state index in [0.717, 1.165) is 0 Å². The van der Waals surface area contributed by atoms with Gasteiger partial charge in [-0.3, -0.25) is 24.2 Å². The third-order valence-corrected chi connectivity index (χ3v) is 5.51. The van der Waals surface area contributed by atoms with Gasteiger partial charge in [-0.2, -0.15) is 12.6 Å². The van der Waals surface area contributed by atoms with Crippen LogP contribution in [0.1, 0.15) is 24.8 Å². The number of carbonyl (C=O) groups excluding carboxylic acids is 4. The molecule has 0 radical (unpaired) electrons. The Hall–Kier alpha value is -4.05. The molecule has 0 fully saturated rings. The van der Waals surface area contributed by atoms with E-state index in [1.54, 1.807) is 0 Å². The number of benzene rings is 1. The average molecular weight is 555 g/mol. The Bertz CT molecular complexity index is 1020. The molecule has 4 atom stereocenters. The molecule has 38 heavy (non-hydrogen) atoms. The summed E-state index contributed by atoms with van der Waals surface area (Å²) in [5.74, 6) is -5.12. The van der Waals surface area contributed by atoms with E-state index < -0.39 is 60.2 Å². The fraction of sp³-hybridized carbons (Fsp3) is 0.455. The lowest BCUT2D eigenvalue weighted by atomic mass is 10.1. The number of carbonyl (C=O) groups is 5. The van der Waals surface area contributed by atoms with Gasteiger partial charge in [-0.1, -0.05) is 12.1 Å². The van der Waals surface area contributed by atoms with Crippen molar-refractivity contribution in [2.75, 3.05) is 12.3 Å². The number of rotatable bonds is 16. The molecule has 13 N–H and O–H groups in total. The first-order valence-corrected chi connectivity index (χ1v) is 12.1. The highest BCUT2D eigenvalue weighted by Crippen LogP contribution is 2.11. The molecule has 16 heteroatoms. The Labute approximate surface area is 224 Å². The van der Waals surface area contributed by atoms with Crippen LogP contribution in [0.15, 0.2) is 29.3 Å². The molecule has 0 bridgehead atoms. The third-order valence-electron chi connectivity index (χ3n) is 5.15. The van der Waals surface area contributed by atoms with Crippen molar-refractivity contribution < 1.29 is 34.2 Å². The average Bonchev–Trinajstić information content (AvgIpc) is 2.84. The Morgan fingerprint density at radius 2 is 1.45 bits per heavy atom. The first-order valence-electron chi connectivity index (χ1n) is 11.5. The predicted molar refractivity (Wildman–Crippen MR) is 141 cm³/mol. The summed E-state index contributed by atoms with van der Waals surface area (Å²) >= 11 is 4.04. The van der Waals surface area contributed by atoms with Crippen LogP contribution in [0, 0.1) is 0 Å². The van der Waals surface area contributed by atoms with Crippen LogP contribution in [0.4, 0.5) is 0 Å². The number of aromatic hydroxyl groups is 1. The van der Waals surface area contributed by atoms with Crippen molar-refractivity contribution in [2.24, 2.45) is 27.9 Å². The maximum absolute atomic E-state index is 12.8. The van der Waals surface area contributed by atoms with Crippen LogP contribution in [0.2, 0.25) is 0 Å². The lowest BCUT2D eigenvalue weighted by Gasteiger charge is -2.24. The summed E-state index contributed by atoms with van der Waals surface area (Å²) in [6.45, 7) is 0.233. The van der Waals surface area contributed by atoms with E-state index in [2.05, 4.69) is 33.6 Å². The highest BCUT2D eigenvalue weighted by Gasteiger charge is 2.30. The maximum atomic E-state index is 12.8. The fourth-order valence-electron chi connectivity index (χ4n) is 3.15. The number of phenols is 1. The molecule has 4 unspecified atom stereocenters. The monoisotopic (exact) mass is 554 g/mol. The van der Waals surface area contributed by atoms with Gasteiger partial charge in [-0.05, 0) is 30.5 Å². The number of primary amides is 1. The maximum Gasteiger partial charge on any atom is 0.326 e. The molecule has 1 rings (SSSR count).